The molecule has 0 heterocycles. The van der Waals surface area contributed by atoms with E-state index >= 15 is 0 Å². The topological polar surface area (TPSA) is 3.24 Å². The Bertz CT molecular complexity index is 1300. The number of hydrogen-bond donors (Lipinski definition) is 0. The molecule has 0 amide bonds. The minimum atomic E-state index is 1.05. The van der Waals surface area contributed by atoms with Gasteiger partial charge in [-0.05, 0) is 70.6 Å². The Morgan fingerprint density at radius 2 is 0.879 bits per heavy atom. The van der Waals surface area contributed by atoms with Crippen molar-refractivity contribution < 1.29 is 0 Å². The second-order valence-corrected chi connectivity index (χ2v) is 8.18. The summed E-state index contributed by atoms with van der Waals surface area (Å²) < 4.78 is 0. The van der Waals surface area contributed by atoms with E-state index < -0.39 is 0 Å². The molecule has 5 aromatic carbocycles. The molecule has 5 rings (SSSR count). The first kappa shape index (κ1) is 20.8. The molecule has 0 aliphatic carbocycles. The van der Waals surface area contributed by atoms with Gasteiger partial charge < -0.3 is 4.90 Å². The molecule has 5 aromatic rings. The molecule has 0 radical (unpaired) electrons. The van der Waals surface area contributed by atoms with Gasteiger partial charge in [0.15, 0.2) is 0 Å². The number of nitrogens with zero attached hydrogens (tertiary/aromatic N) is 1. The molecule has 0 bridgehead atoms. The maximum absolute atomic E-state index is 2.31. The van der Waals surface area contributed by atoms with E-state index in [1.807, 2.05) is 0 Å². The van der Waals surface area contributed by atoms with Gasteiger partial charge in [0.05, 0.1) is 0 Å². The Morgan fingerprint density at radius 3 is 1.45 bits per heavy atom. The predicted molar refractivity (Wildman–Crippen MR) is 141 cm³/mol. The summed E-state index contributed by atoms with van der Waals surface area (Å²) in [5, 5.41) is 0. The first-order valence-corrected chi connectivity index (χ1v) is 11.5. The highest BCUT2D eigenvalue weighted by atomic mass is 15.1. The van der Waals surface area contributed by atoms with Crippen LogP contribution in [0.5, 0.6) is 0 Å². The Hall–Kier alpha value is -4.10. The molecular weight excluding hydrogens is 398 g/mol. The fourth-order valence-electron chi connectivity index (χ4n) is 4.23. The lowest BCUT2D eigenvalue weighted by atomic mass is 10.0. The molecule has 33 heavy (non-hydrogen) atoms. The highest BCUT2D eigenvalue weighted by Crippen LogP contribution is 2.36. The summed E-state index contributed by atoms with van der Waals surface area (Å²) in [7, 11) is 0. The zero-order valence-electron chi connectivity index (χ0n) is 18.9. The molecule has 0 aliphatic heterocycles. The smallest absolute Gasteiger partial charge is 0.0462 e. The molecule has 1 heteroatoms. The molecule has 160 valence electrons. The van der Waals surface area contributed by atoms with E-state index in [0.29, 0.717) is 0 Å². The van der Waals surface area contributed by atoms with E-state index in [-0.39, 0.29) is 0 Å². The fraction of sp³-hybridized carbons (Fsp3) is 0.0625. The van der Waals surface area contributed by atoms with Crippen molar-refractivity contribution in [1.29, 1.82) is 0 Å². The average molecular weight is 426 g/mol. The summed E-state index contributed by atoms with van der Waals surface area (Å²) in [6.07, 6.45) is 1.05. The van der Waals surface area contributed by atoms with Crippen molar-refractivity contribution in [2.24, 2.45) is 0 Å². The van der Waals surface area contributed by atoms with Gasteiger partial charge in [-0.2, -0.15) is 0 Å². The number of rotatable bonds is 6. The zero-order valence-corrected chi connectivity index (χ0v) is 18.9. The van der Waals surface area contributed by atoms with Crippen LogP contribution in [0.4, 0.5) is 17.1 Å². The van der Waals surface area contributed by atoms with E-state index in [2.05, 4.69) is 145 Å². The molecule has 0 N–H and O–H groups in total. The van der Waals surface area contributed by atoms with E-state index in [9.17, 15) is 0 Å². The Kier molecular flexibility index (Phi) is 6.04. The summed E-state index contributed by atoms with van der Waals surface area (Å²) in [5.74, 6) is 0. The van der Waals surface area contributed by atoms with Crippen LogP contribution in [0.2, 0.25) is 0 Å². The number of anilines is 3. The molecule has 1 nitrogen and oxygen atoms in total. The van der Waals surface area contributed by atoms with Crippen LogP contribution in [0.3, 0.4) is 0 Å². The molecule has 0 unspecified atom stereocenters. The summed E-state index contributed by atoms with van der Waals surface area (Å²) in [5.41, 5.74) is 9.74. The summed E-state index contributed by atoms with van der Waals surface area (Å²) in [4.78, 5) is 2.31. The van der Waals surface area contributed by atoms with Crippen LogP contribution in [0.1, 0.15) is 12.5 Å². The molecular formula is C32H27N. The third kappa shape index (κ3) is 4.58. The number of para-hydroxylation sites is 1. The fourth-order valence-corrected chi connectivity index (χ4v) is 4.23. The quantitative estimate of drug-likeness (QED) is 0.262. The largest absolute Gasteiger partial charge is 0.311 e. The summed E-state index contributed by atoms with van der Waals surface area (Å²) in [6, 6.07) is 47.5. The van der Waals surface area contributed by atoms with E-state index in [4.69, 9.17) is 0 Å². The molecule has 0 aliphatic rings. The van der Waals surface area contributed by atoms with Gasteiger partial charge in [0.2, 0.25) is 0 Å². The number of aryl methyl sites for hydroxylation is 1. The van der Waals surface area contributed by atoms with Crippen LogP contribution in [-0.2, 0) is 6.42 Å². The highest BCUT2D eigenvalue weighted by molar-refractivity contribution is 5.79. The van der Waals surface area contributed by atoms with Crippen LogP contribution in [0.15, 0.2) is 133 Å². The third-order valence-corrected chi connectivity index (χ3v) is 6.04. The van der Waals surface area contributed by atoms with Crippen molar-refractivity contribution in [3.63, 3.8) is 0 Å². The van der Waals surface area contributed by atoms with Gasteiger partial charge in [0.1, 0.15) is 0 Å². The normalized spacial score (nSPS) is 10.7. The van der Waals surface area contributed by atoms with Crippen LogP contribution >= 0.6 is 0 Å². The number of benzene rings is 5. The van der Waals surface area contributed by atoms with Crippen LogP contribution in [0, 0.1) is 0 Å². The lowest BCUT2D eigenvalue weighted by molar-refractivity contribution is 1.14. The maximum atomic E-state index is 2.31. The van der Waals surface area contributed by atoms with Gasteiger partial charge in [0, 0.05) is 17.1 Å². The third-order valence-electron chi connectivity index (χ3n) is 6.04. The molecule has 0 saturated carbocycles. The monoisotopic (exact) mass is 425 g/mol. The van der Waals surface area contributed by atoms with Crippen molar-refractivity contribution >= 4 is 17.1 Å². The minimum absolute atomic E-state index is 1.05. The van der Waals surface area contributed by atoms with Crippen molar-refractivity contribution in [3.8, 4) is 22.3 Å². The summed E-state index contributed by atoms with van der Waals surface area (Å²) >= 11 is 0. The van der Waals surface area contributed by atoms with Gasteiger partial charge in [-0.15, -0.1) is 0 Å². The zero-order chi connectivity index (χ0) is 22.5. The molecule has 0 fully saturated rings. The maximum Gasteiger partial charge on any atom is 0.0462 e. The average Bonchev–Trinajstić information content (AvgIpc) is 2.91. The van der Waals surface area contributed by atoms with Gasteiger partial charge >= 0.3 is 0 Å². The van der Waals surface area contributed by atoms with Gasteiger partial charge in [-0.1, -0.05) is 104 Å². The SMILES string of the molecule is CCc1cccc(-c2ccc(N(c3ccccc3)c3ccc(-c4ccccc4)cc3)cc2)c1. The Balaban J connectivity index is 1.51. The predicted octanol–water partition coefficient (Wildman–Crippen LogP) is 9.05. The van der Waals surface area contributed by atoms with E-state index in [0.717, 1.165) is 23.5 Å². The van der Waals surface area contributed by atoms with Crippen LogP contribution in [-0.4, -0.2) is 0 Å². The molecule has 0 atom stereocenters. The number of hydrogen-bond acceptors (Lipinski definition) is 1. The van der Waals surface area contributed by atoms with Crippen molar-refractivity contribution in [1.82, 2.24) is 0 Å². The summed E-state index contributed by atoms with van der Waals surface area (Å²) in [6.45, 7) is 2.20. The van der Waals surface area contributed by atoms with Gasteiger partial charge in [-0.3, -0.25) is 0 Å². The standard InChI is InChI=1S/C32H27N/c1-2-25-10-9-13-29(24-25)28-18-22-32(23-19-28)33(30-14-7-4-8-15-30)31-20-16-27(17-21-31)26-11-5-3-6-12-26/h3-24H,2H2,1H3. The first-order chi connectivity index (χ1) is 16.3. The Labute approximate surface area is 196 Å². The Morgan fingerprint density at radius 1 is 0.424 bits per heavy atom. The van der Waals surface area contributed by atoms with E-state index in [1.54, 1.807) is 0 Å². The second-order valence-electron chi connectivity index (χ2n) is 8.18. The van der Waals surface area contributed by atoms with Crippen LogP contribution < -0.4 is 4.90 Å². The lowest BCUT2D eigenvalue weighted by Gasteiger charge is -2.26. The van der Waals surface area contributed by atoms with E-state index in [1.165, 1.54) is 27.8 Å². The second kappa shape index (κ2) is 9.58. The minimum Gasteiger partial charge on any atom is -0.311 e. The van der Waals surface area contributed by atoms with Crippen LogP contribution in [0.25, 0.3) is 22.3 Å². The van der Waals surface area contributed by atoms with Crippen molar-refractivity contribution in [2.75, 3.05) is 4.90 Å². The molecule has 0 aromatic heterocycles. The highest BCUT2D eigenvalue weighted by Gasteiger charge is 2.12. The molecule has 0 saturated heterocycles. The first-order valence-electron chi connectivity index (χ1n) is 11.5. The molecule has 0 spiro atoms. The van der Waals surface area contributed by atoms with Crippen molar-refractivity contribution in [2.45, 2.75) is 13.3 Å². The lowest BCUT2D eigenvalue weighted by Crippen LogP contribution is -2.09. The van der Waals surface area contributed by atoms with Gasteiger partial charge in [-0.25, -0.2) is 0 Å². The van der Waals surface area contributed by atoms with Gasteiger partial charge in [0.25, 0.3) is 0 Å². The van der Waals surface area contributed by atoms with Crippen molar-refractivity contribution in [3.05, 3.63) is 139 Å².